The average molecular weight is 202 g/mol. The molecule has 0 aliphatic carbocycles. The molecule has 1 atom stereocenters. The molecule has 14 heavy (non-hydrogen) atoms. The molecule has 0 rings (SSSR count). The molecule has 0 spiro atoms. The number of rotatable bonds is 7. The third-order valence-electron chi connectivity index (χ3n) is 1.91. The average Bonchev–Trinajstić information content (AvgIpc) is 2.15. The van der Waals surface area contributed by atoms with Crippen molar-refractivity contribution >= 4 is 17.5 Å². The number of aliphatic hydroxyl groups is 1. The van der Waals surface area contributed by atoms with Crippen molar-refractivity contribution in [2.24, 2.45) is 5.92 Å². The number of carboxylic acid groups (broad SMARTS) is 1. The molecule has 0 fully saturated rings. The van der Waals surface area contributed by atoms with E-state index in [1.807, 2.05) is 0 Å². The van der Waals surface area contributed by atoms with Crippen molar-refractivity contribution in [1.29, 1.82) is 0 Å². The topological polar surface area (TPSA) is 91.7 Å². The highest BCUT2D eigenvalue weighted by atomic mass is 16.4. The number of carbonyl (C=O) groups is 3. The van der Waals surface area contributed by atoms with Crippen LogP contribution in [-0.2, 0) is 14.4 Å². The van der Waals surface area contributed by atoms with Crippen molar-refractivity contribution in [1.82, 2.24) is 0 Å². The predicted octanol–water partition coefficient (Wildman–Crippen LogP) is 0.00790. The fraction of sp³-hybridized carbons (Fsp3) is 0.667. The van der Waals surface area contributed by atoms with Crippen LogP contribution in [-0.4, -0.2) is 34.4 Å². The van der Waals surface area contributed by atoms with Crippen LogP contribution in [0.5, 0.6) is 0 Å². The van der Waals surface area contributed by atoms with Crippen molar-refractivity contribution in [2.75, 3.05) is 6.61 Å². The third kappa shape index (κ3) is 3.66. The van der Waals surface area contributed by atoms with Crippen LogP contribution in [0.2, 0.25) is 0 Å². The van der Waals surface area contributed by atoms with E-state index in [0.29, 0.717) is 0 Å². The molecule has 0 aromatic carbocycles. The number of hydrogen-bond acceptors (Lipinski definition) is 4. The minimum absolute atomic E-state index is 0.0496. The molecule has 2 N–H and O–H groups in total. The lowest BCUT2D eigenvalue weighted by Crippen LogP contribution is -2.29. The van der Waals surface area contributed by atoms with Gasteiger partial charge in [-0.25, -0.2) is 4.79 Å². The lowest BCUT2D eigenvalue weighted by atomic mass is 9.93. The Hall–Kier alpha value is -1.23. The van der Waals surface area contributed by atoms with Gasteiger partial charge in [-0.3, -0.25) is 9.59 Å². The van der Waals surface area contributed by atoms with E-state index < -0.39 is 23.5 Å². The van der Waals surface area contributed by atoms with Gasteiger partial charge in [0.2, 0.25) is 5.78 Å². The first-order chi connectivity index (χ1) is 6.54. The van der Waals surface area contributed by atoms with Crippen LogP contribution in [0.3, 0.4) is 0 Å². The third-order valence-corrected chi connectivity index (χ3v) is 1.91. The fourth-order valence-electron chi connectivity index (χ4n) is 1.14. The first-order valence-corrected chi connectivity index (χ1v) is 4.45. The second kappa shape index (κ2) is 6.26. The number of aliphatic hydroxyl groups excluding tert-OH is 1. The van der Waals surface area contributed by atoms with Crippen LogP contribution in [0.1, 0.15) is 26.2 Å². The second-order valence-corrected chi connectivity index (χ2v) is 2.92. The number of aliphatic carboxylic acids is 1. The molecule has 0 aliphatic heterocycles. The van der Waals surface area contributed by atoms with Crippen molar-refractivity contribution in [3.05, 3.63) is 0 Å². The quantitative estimate of drug-likeness (QED) is 0.448. The highest BCUT2D eigenvalue weighted by Gasteiger charge is 2.28. The Balaban J connectivity index is 4.33. The standard InChI is InChI=1S/C9H14O5/c1-2-6(8(12)9(13)14)7(11)4-3-5-10/h6,10H,2-5H2,1H3,(H,13,14). The molecule has 0 aromatic heterocycles. The predicted molar refractivity (Wildman–Crippen MR) is 47.8 cm³/mol. The number of ketones is 2. The zero-order valence-corrected chi connectivity index (χ0v) is 8.02. The van der Waals surface area contributed by atoms with Crippen LogP contribution in [0.25, 0.3) is 0 Å². The Labute approximate surface area is 81.7 Å². The monoisotopic (exact) mass is 202 g/mol. The van der Waals surface area contributed by atoms with E-state index in [2.05, 4.69) is 0 Å². The maximum atomic E-state index is 11.3. The lowest BCUT2D eigenvalue weighted by Gasteiger charge is -2.08. The fourth-order valence-corrected chi connectivity index (χ4v) is 1.14. The molecule has 5 nitrogen and oxygen atoms in total. The van der Waals surface area contributed by atoms with E-state index in [1.54, 1.807) is 6.92 Å². The molecule has 0 saturated heterocycles. The van der Waals surface area contributed by atoms with Crippen molar-refractivity contribution in [2.45, 2.75) is 26.2 Å². The van der Waals surface area contributed by atoms with Crippen molar-refractivity contribution in [3.8, 4) is 0 Å². The zero-order valence-electron chi connectivity index (χ0n) is 8.02. The summed E-state index contributed by atoms with van der Waals surface area (Å²) < 4.78 is 0. The van der Waals surface area contributed by atoms with E-state index in [0.717, 1.165) is 0 Å². The molecule has 0 saturated carbocycles. The van der Waals surface area contributed by atoms with Crippen molar-refractivity contribution in [3.63, 3.8) is 0 Å². The van der Waals surface area contributed by atoms with Crippen LogP contribution < -0.4 is 0 Å². The Morgan fingerprint density at radius 2 is 1.86 bits per heavy atom. The first kappa shape index (κ1) is 12.8. The summed E-state index contributed by atoms with van der Waals surface area (Å²) >= 11 is 0. The van der Waals surface area contributed by atoms with Gasteiger partial charge in [0.05, 0.1) is 5.92 Å². The van der Waals surface area contributed by atoms with Gasteiger partial charge in [-0.2, -0.15) is 0 Å². The summed E-state index contributed by atoms with van der Waals surface area (Å²) in [6.45, 7) is 1.45. The molecule has 0 bridgehead atoms. The molecular weight excluding hydrogens is 188 g/mol. The van der Waals surface area contributed by atoms with E-state index in [4.69, 9.17) is 10.2 Å². The van der Waals surface area contributed by atoms with Crippen LogP contribution >= 0.6 is 0 Å². The Morgan fingerprint density at radius 1 is 1.29 bits per heavy atom. The van der Waals surface area contributed by atoms with Crippen LogP contribution in [0.15, 0.2) is 0 Å². The molecule has 0 aromatic rings. The number of carboxylic acids is 1. The van der Waals surface area contributed by atoms with Gasteiger partial charge in [-0.15, -0.1) is 0 Å². The highest BCUT2D eigenvalue weighted by Crippen LogP contribution is 2.10. The molecule has 5 heteroatoms. The van der Waals surface area contributed by atoms with E-state index >= 15 is 0 Å². The summed E-state index contributed by atoms with van der Waals surface area (Å²) in [4.78, 5) is 32.6. The number of hydrogen-bond donors (Lipinski definition) is 2. The van der Waals surface area contributed by atoms with Crippen LogP contribution in [0, 0.1) is 5.92 Å². The summed E-state index contributed by atoms with van der Waals surface area (Å²) in [5.41, 5.74) is 0. The van der Waals surface area contributed by atoms with Gasteiger partial charge in [0.15, 0.2) is 0 Å². The maximum absolute atomic E-state index is 11.3. The maximum Gasteiger partial charge on any atom is 0.372 e. The van der Waals surface area contributed by atoms with Gasteiger partial charge in [-0.1, -0.05) is 6.92 Å². The molecule has 0 aliphatic rings. The van der Waals surface area contributed by atoms with Gasteiger partial charge >= 0.3 is 5.97 Å². The molecule has 0 heterocycles. The number of carbonyl (C=O) groups excluding carboxylic acids is 2. The molecule has 1 unspecified atom stereocenters. The summed E-state index contributed by atoms with van der Waals surface area (Å²) in [5.74, 6) is -4.10. The van der Waals surface area contributed by atoms with Gasteiger partial charge in [-0.05, 0) is 12.8 Å². The summed E-state index contributed by atoms with van der Waals surface area (Å²) in [7, 11) is 0. The summed E-state index contributed by atoms with van der Waals surface area (Å²) in [6.07, 6.45) is 0.506. The van der Waals surface area contributed by atoms with Gasteiger partial charge in [0, 0.05) is 13.0 Å². The first-order valence-electron chi connectivity index (χ1n) is 4.45. The van der Waals surface area contributed by atoms with Crippen molar-refractivity contribution < 1.29 is 24.6 Å². The summed E-state index contributed by atoms with van der Waals surface area (Å²) in [6, 6.07) is 0. The minimum atomic E-state index is -1.57. The second-order valence-electron chi connectivity index (χ2n) is 2.92. The normalized spacial score (nSPS) is 12.1. The Bertz CT molecular complexity index is 233. The highest BCUT2D eigenvalue weighted by molar-refractivity contribution is 6.37. The van der Waals surface area contributed by atoms with Gasteiger partial charge < -0.3 is 10.2 Å². The van der Waals surface area contributed by atoms with Gasteiger partial charge in [0.25, 0.3) is 0 Å². The zero-order chi connectivity index (χ0) is 11.1. The molecule has 80 valence electrons. The number of Topliss-reactive ketones (excluding diaryl/α,β-unsaturated/α-hetero) is 2. The summed E-state index contributed by atoms with van der Waals surface area (Å²) in [5, 5.41) is 16.9. The SMILES string of the molecule is CCC(C(=O)CCCO)C(=O)C(=O)O. The molecular formula is C9H14O5. The molecule has 0 amide bonds. The lowest BCUT2D eigenvalue weighted by molar-refractivity contribution is -0.153. The van der Waals surface area contributed by atoms with E-state index in [9.17, 15) is 14.4 Å². The molecule has 0 radical (unpaired) electrons. The largest absolute Gasteiger partial charge is 0.475 e. The van der Waals surface area contributed by atoms with Gasteiger partial charge in [0.1, 0.15) is 5.78 Å². The minimum Gasteiger partial charge on any atom is -0.475 e. The smallest absolute Gasteiger partial charge is 0.372 e. The Morgan fingerprint density at radius 3 is 2.21 bits per heavy atom. The van der Waals surface area contributed by atoms with Crippen LogP contribution in [0.4, 0.5) is 0 Å². The Kier molecular flexibility index (Phi) is 5.71. The van der Waals surface area contributed by atoms with E-state index in [-0.39, 0.29) is 25.9 Å². The van der Waals surface area contributed by atoms with E-state index in [1.165, 1.54) is 0 Å².